The summed E-state index contributed by atoms with van der Waals surface area (Å²) in [6.45, 7) is 3.23. The molecule has 0 aliphatic heterocycles. The van der Waals surface area contributed by atoms with Gasteiger partial charge in [-0.25, -0.2) is 0 Å². The van der Waals surface area contributed by atoms with Gasteiger partial charge < -0.3 is 10.1 Å². The van der Waals surface area contributed by atoms with Gasteiger partial charge in [0.05, 0.1) is 6.04 Å². The molecule has 0 heterocycles. The van der Waals surface area contributed by atoms with E-state index in [-0.39, 0.29) is 5.91 Å². The minimum absolute atomic E-state index is 0.309. The zero-order chi connectivity index (χ0) is 7.98. The van der Waals surface area contributed by atoms with Crippen LogP contribution in [-0.4, -0.2) is 24.0 Å². The van der Waals surface area contributed by atoms with Crippen molar-refractivity contribution >= 4 is 24.8 Å². The van der Waals surface area contributed by atoms with E-state index in [1.54, 1.807) is 0 Å². The summed E-state index contributed by atoms with van der Waals surface area (Å²) in [6.07, 6.45) is 1.74. The van der Waals surface area contributed by atoms with E-state index in [9.17, 15) is 9.59 Å². The molecule has 0 aliphatic rings. The first-order chi connectivity index (χ1) is 4.74. The van der Waals surface area contributed by atoms with Gasteiger partial charge in [-0.1, -0.05) is 6.58 Å². The molecule has 0 saturated heterocycles. The van der Waals surface area contributed by atoms with Gasteiger partial charge in [0.25, 0.3) is 0 Å². The lowest BCUT2D eigenvalue weighted by atomic mass is 10.4. The topological polar surface area (TPSA) is 46.2 Å². The highest BCUT2D eigenvalue weighted by atomic mass is 32.1. The van der Waals surface area contributed by atoms with Crippen LogP contribution in [-0.2, 0) is 9.59 Å². The van der Waals surface area contributed by atoms with Crippen LogP contribution in [0.25, 0.3) is 0 Å². The van der Waals surface area contributed by atoms with Crippen molar-refractivity contribution in [1.82, 2.24) is 5.32 Å². The molecule has 0 spiro atoms. The first-order valence-electron chi connectivity index (χ1n) is 2.73. The maximum absolute atomic E-state index is 10.5. The van der Waals surface area contributed by atoms with Crippen molar-refractivity contribution < 1.29 is 9.59 Å². The Hall–Kier alpha value is -0.770. The van der Waals surface area contributed by atoms with Crippen molar-refractivity contribution in [2.24, 2.45) is 0 Å². The van der Waals surface area contributed by atoms with E-state index >= 15 is 0 Å². The van der Waals surface area contributed by atoms with Gasteiger partial charge in [-0.3, -0.25) is 4.79 Å². The lowest BCUT2D eigenvalue weighted by Crippen LogP contribution is -2.36. The van der Waals surface area contributed by atoms with Crippen LogP contribution in [0.1, 0.15) is 0 Å². The van der Waals surface area contributed by atoms with Gasteiger partial charge in [-0.15, -0.1) is 0 Å². The molecule has 0 aromatic carbocycles. The first-order valence-corrected chi connectivity index (χ1v) is 3.37. The van der Waals surface area contributed by atoms with E-state index < -0.39 is 6.04 Å². The van der Waals surface area contributed by atoms with Crippen LogP contribution in [0.4, 0.5) is 0 Å². The molecule has 10 heavy (non-hydrogen) atoms. The van der Waals surface area contributed by atoms with Crippen LogP contribution < -0.4 is 5.32 Å². The molecular formula is C6H9NO2S. The smallest absolute Gasteiger partial charge is 0.243 e. The van der Waals surface area contributed by atoms with Crippen LogP contribution in [0.3, 0.4) is 0 Å². The number of carbonyl (C=O) groups excluding carboxylic acids is 2. The summed E-state index contributed by atoms with van der Waals surface area (Å²) in [5, 5.41) is 2.36. The summed E-state index contributed by atoms with van der Waals surface area (Å²) >= 11 is 3.83. The summed E-state index contributed by atoms with van der Waals surface area (Å²) in [5.41, 5.74) is 0. The molecule has 56 valence electrons. The quantitative estimate of drug-likeness (QED) is 0.338. The van der Waals surface area contributed by atoms with Gasteiger partial charge in [0.1, 0.15) is 6.29 Å². The fourth-order valence-corrected chi connectivity index (χ4v) is 0.542. The van der Waals surface area contributed by atoms with Crippen LogP contribution in [0.2, 0.25) is 0 Å². The SMILES string of the molecule is C=CC(=O)N[C@H](C=O)CS. The van der Waals surface area contributed by atoms with E-state index in [2.05, 4.69) is 24.5 Å². The number of hydrogen-bond donors (Lipinski definition) is 2. The van der Waals surface area contributed by atoms with Gasteiger partial charge in [0.2, 0.25) is 5.91 Å². The van der Waals surface area contributed by atoms with Gasteiger partial charge >= 0.3 is 0 Å². The van der Waals surface area contributed by atoms with Crippen molar-refractivity contribution in [2.45, 2.75) is 6.04 Å². The number of nitrogens with one attached hydrogen (secondary N) is 1. The number of rotatable bonds is 4. The van der Waals surface area contributed by atoms with Crippen molar-refractivity contribution in [2.75, 3.05) is 5.75 Å². The van der Waals surface area contributed by atoms with Gasteiger partial charge in [0.15, 0.2) is 0 Å². The number of aldehydes is 1. The van der Waals surface area contributed by atoms with E-state index in [0.717, 1.165) is 6.08 Å². The third-order valence-electron chi connectivity index (χ3n) is 0.874. The molecule has 0 rings (SSSR count). The number of hydrogen-bond acceptors (Lipinski definition) is 3. The number of thiol groups is 1. The monoisotopic (exact) mass is 159 g/mol. The standard InChI is InChI=1S/C6H9NO2S/c1-2-6(9)7-5(3-8)4-10/h2-3,5,10H,1,4H2,(H,7,9)/t5-/m1/s1. The Morgan fingerprint density at radius 2 is 2.40 bits per heavy atom. The number of carbonyl (C=O) groups is 2. The third-order valence-corrected chi connectivity index (χ3v) is 1.27. The molecular weight excluding hydrogens is 150 g/mol. The lowest BCUT2D eigenvalue weighted by Gasteiger charge is -2.05. The molecule has 0 unspecified atom stereocenters. The normalized spacial score (nSPS) is 11.7. The second kappa shape index (κ2) is 5.05. The summed E-state index contributed by atoms with van der Waals surface area (Å²) in [7, 11) is 0. The summed E-state index contributed by atoms with van der Waals surface area (Å²) < 4.78 is 0. The summed E-state index contributed by atoms with van der Waals surface area (Å²) in [4.78, 5) is 20.6. The molecule has 1 amide bonds. The van der Waals surface area contributed by atoms with E-state index in [0.29, 0.717) is 12.0 Å². The molecule has 4 heteroatoms. The van der Waals surface area contributed by atoms with E-state index in [4.69, 9.17) is 0 Å². The molecule has 3 nitrogen and oxygen atoms in total. The zero-order valence-electron chi connectivity index (χ0n) is 5.41. The largest absolute Gasteiger partial charge is 0.342 e. The Kier molecular flexibility index (Phi) is 4.66. The average Bonchev–Trinajstić information content (AvgIpc) is 1.99. The minimum Gasteiger partial charge on any atom is -0.342 e. The van der Waals surface area contributed by atoms with Crippen molar-refractivity contribution in [3.8, 4) is 0 Å². The van der Waals surface area contributed by atoms with Gasteiger partial charge in [-0.05, 0) is 6.08 Å². The Labute approximate surface area is 64.9 Å². The second-order valence-electron chi connectivity index (χ2n) is 1.64. The highest BCUT2D eigenvalue weighted by Crippen LogP contribution is 1.82. The highest BCUT2D eigenvalue weighted by Gasteiger charge is 2.04. The Balaban J connectivity index is 3.73. The Bertz CT molecular complexity index is 147. The molecule has 0 aromatic heterocycles. The van der Waals surface area contributed by atoms with Crippen LogP contribution in [0, 0.1) is 0 Å². The zero-order valence-corrected chi connectivity index (χ0v) is 6.30. The second-order valence-corrected chi connectivity index (χ2v) is 2.00. The predicted molar refractivity (Wildman–Crippen MR) is 42.0 cm³/mol. The van der Waals surface area contributed by atoms with Crippen molar-refractivity contribution in [1.29, 1.82) is 0 Å². The third kappa shape index (κ3) is 3.29. The summed E-state index contributed by atoms with van der Waals surface area (Å²) in [5.74, 6) is -0.0468. The molecule has 0 saturated carbocycles. The molecule has 0 bridgehead atoms. The van der Waals surface area contributed by atoms with Crippen LogP contribution >= 0.6 is 12.6 Å². The Morgan fingerprint density at radius 1 is 1.80 bits per heavy atom. The molecule has 0 aliphatic carbocycles. The van der Waals surface area contributed by atoms with E-state index in [1.807, 2.05) is 0 Å². The van der Waals surface area contributed by atoms with Gasteiger partial charge in [0, 0.05) is 5.75 Å². The lowest BCUT2D eigenvalue weighted by molar-refractivity contribution is -0.119. The predicted octanol–water partition coefficient (Wildman–Crippen LogP) is -0.214. The fraction of sp³-hybridized carbons (Fsp3) is 0.333. The first kappa shape index (κ1) is 9.23. The Morgan fingerprint density at radius 3 is 2.70 bits per heavy atom. The highest BCUT2D eigenvalue weighted by molar-refractivity contribution is 7.80. The molecule has 0 aromatic rings. The maximum Gasteiger partial charge on any atom is 0.243 e. The molecule has 0 radical (unpaired) electrons. The van der Waals surface area contributed by atoms with E-state index in [1.165, 1.54) is 0 Å². The fourth-order valence-electron chi connectivity index (χ4n) is 0.364. The maximum atomic E-state index is 10.5. The van der Waals surface area contributed by atoms with Crippen molar-refractivity contribution in [3.63, 3.8) is 0 Å². The van der Waals surface area contributed by atoms with Crippen molar-refractivity contribution in [3.05, 3.63) is 12.7 Å². The summed E-state index contributed by atoms with van der Waals surface area (Å²) in [6, 6.07) is -0.506. The molecule has 1 atom stereocenters. The molecule has 0 fully saturated rings. The molecule has 1 N–H and O–H groups in total. The average molecular weight is 159 g/mol. The minimum atomic E-state index is -0.506. The number of amides is 1. The van der Waals surface area contributed by atoms with Crippen LogP contribution in [0.15, 0.2) is 12.7 Å². The van der Waals surface area contributed by atoms with Crippen LogP contribution in [0.5, 0.6) is 0 Å². The van der Waals surface area contributed by atoms with Gasteiger partial charge in [-0.2, -0.15) is 12.6 Å².